The Balaban J connectivity index is 1.57. The molecule has 0 aliphatic heterocycles. The fraction of sp³-hybridized carbons (Fsp3) is 0.0500. The number of nitrogens with two attached hydrogens (primary N) is 2. The average Bonchev–Trinajstić information content (AvgIpc) is 2.63. The van der Waals surface area contributed by atoms with Gasteiger partial charge in [-0.25, -0.2) is 4.79 Å². The summed E-state index contributed by atoms with van der Waals surface area (Å²) in [6.45, 7) is 0.435. The van der Waals surface area contributed by atoms with Gasteiger partial charge in [0.15, 0.2) is 0 Å². The maximum Gasteiger partial charge on any atom is 0.343 e. The zero-order valence-electron chi connectivity index (χ0n) is 13.5. The van der Waals surface area contributed by atoms with Crippen molar-refractivity contribution in [1.82, 2.24) is 0 Å². The molecule has 0 heterocycles. The fourth-order valence-electron chi connectivity index (χ4n) is 2.17. The van der Waals surface area contributed by atoms with Gasteiger partial charge < -0.3 is 20.9 Å². The van der Waals surface area contributed by atoms with Crippen LogP contribution in [0.2, 0.25) is 0 Å². The molecule has 3 aromatic rings. The Morgan fingerprint density at radius 2 is 1.24 bits per heavy atom. The van der Waals surface area contributed by atoms with E-state index in [1.54, 1.807) is 48.5 Å². The van der Waals surface area contributed by atoms with Crippen LogP contribution in [0.4, 0.5) is 11.4 Å². The second kappa shape index (κ2) is 7.40. The van der Waals surface area contributed by atoms with E-state index in [4.69, 9.17) is 20.9 Å². The number of carbonyl (C=O) groups is 1. The predicted octanol–water partition coefficient (Wildman–Crippen LogP) is 3.65. The van der Waals surface area contributed by atoms with Crippen molar-refractivity contribution in [3.8, 4) is 11.5 Å². The third kappa shape index (κ3) is 4.51. The van der Waals surface area contributed by atoms with Crippen molar-refractivity contribution in [1.29, 1.82) is 0 Å². The standard InChI is InChI=1S/C20H18N2O3/c21-16-5-1-14(2-6-16)13-24-18-9-11-19(12-10-18)25-20(23)15-3-7-17(22)8-4-15/h1-12H,13,21-22H2. The largest absolute Gasteiger partial charge is 0.489 e. The van der Waals surface area contributed by atoms with Crippen LogP contribution in [0.5, 0.6) is 11.5 Å². The molecule has 0 aliphatic rings. The van der Waals surface area contributed by atoms with E-state index in [2.05, 4.69) is 0 Å². The van der Waals surface area contributed by atoms with Crippen LogP contribution in [-0.2, 0) is 6.61 Å². The van der Waals surface area contributed by atoms with Crippen molar-refractivity contribution in [3.63, 3.8) is 0 Å². The lowest BCUT2D eigenvalue weighted by molar-refractivity contribution is 0.0734. The predicted molar refractivity (Wildman–Crippen MR) is 97.4 cm³/mol. The fourth-order valence-corrected chi connectivity index (χ4v) is 2.17. The highest BCUT2D eigenvalue weighted by Crippen LogP contribution is 2.20. The van der Waals surface area contributed by atoms with E-state index in [0.717, 1.165) is 11.3 Å². The van der Waals surface area contributed by atoms with Gasteiger partial charge in [-0.3, -0.25) is 0 Å². The number of esters is 1. The first kappa shape index (κ1) is 16.4. The van der Waals surface area contributed by atoms with Crippen molar-refractivity contribution in [2.24, 2.45) is 0 Å². The summed E-state index contributed by atoms with van der Waals surface area (Å²) in [5, 5.41) is 0. The van der Waals surface area contributed by atoms with Crippen LogP contribution in [0.25, 0.3) is 0 Å². The van der Waals surface area contributed by atoms with E-state index >= 15 is 0 Å². The van der Waals surface area contributed by atoms with Crippen molar-refractivity contribution in [3.05, 3.63) is 83.9 Å². The molecule has 0 aromatic heterocycles. The number of ether oxygens (including phenoxy) is 2. The van der Waals surface area contributed by atoms with E-state index in [9.17, 15) is 4.79 Å². The van der Waals surface area contributed by atoms with Gasteiger partial charge in [-0.15, -0.1) is 0 Å². The molecule has 3 rings (SSSR count). The van der Waals surface area contributed by atoms with E-state index in [1.807, 2.05) is 24.3 Å². The van der Waals surface area contributed by atoms with Gasteiger partial charge >= 0.3 is 5.97 Å². The molecule has 0 saturated heterocycles. The van der Waals surface area contributed by atoms with E-state index < -0.39 is 5.97 Å². The number of hydrogen-bond donors (Lipinski definition) is 2. The van der Waals surface area contributed by atoms with Crippen molar-refractivity contribution in [2.75, 3.05) is 11.5 Å². The molecule has 0 bridgehead atoms. The first-order valence-electron chi connectivity index (χ1n) is 7.75. The molecule has 0 unspecified atom stereocenters. The van der Waals surface area contributed by atoms with E-state index in [0.29, 0.717) is 29.4 Å². The molecule has 0 radical (unpaired) electrons. The average molecular weight is 334 g/mol. The zero-order valence-corrected chi connectivity index (χ0v) is 13.5. The molecule has 0 spiro atoms. The minimum absolute atomic E-state index is 0.435. The molecule has 5 nitrogen and oxygen atoms in total. The summed E-state index contributed by atoms with van der Waals surface area (Å²) in [6.07, 6.45) is 0. The molecule has 4 N–H and O–H groups in total. The molecule has 3 aromatic carbocycles. The topological polar surface area (TPSA) is 87.6 Å². The van der Waals surface area contributed by atoms with Crippen molar-refractivity contribution in [2.45, 2.75) is 6.61 Å². The maximum atomic E-state index is 12.0. The molecule has 0 aliphatic carbocycles. The normalized spacial score (nSPS) is 10.2. The second-order valence-corrected chi connectivity index (χ2v) is 5.51. The number of nitrogen functional groups attached to an aromatic ring is 2. The van der Waals surface area contributed by atoms with Crippen LogP contribution in [0.1, 0.15) is 15.9 Å². The van der Waals surface area contributed by atoms with Gasteiger partial charge in [0.05, 0.1) is 5.56 Å². The maximum absolute atomic E-state index is 12.0. The van der Waals surface area contributed by atoms with Gasteiger partial charge in [-0.05, 0) is 66.2 Å². The third-order valence-electron chi connectivity index (χ3n) is 3.57. The zero-order chi connectivity index (χ0) is 17.6. The summed E-state index contributed by atoms with van der Waals surface area (Å²) in [5.74, 6) is 0.696. The highest BCUT2D eigenvalue weighted by atomic mass is 16.5. The van der Waals surface area contributed by atoms with Gasteiger partial charge in [-0.2, -0.15) is 0 Å². The summed E-state index contributed by atoms with van der Waals surface area (Å²) >= 11 is 0. The lowest BCUT2D eigenvalue weighted by Gasteiger charge is -2.08. The van der Waals surface area contributed by atoms with Crippen LogP contribution in [0.15, 0.2) is 72.8 Å². The number of benzene rings is 3. The quantitative estimate of drug-likeness (QED) is 0.422. The molecular weight excluding hydrogens is 316 g/mol. The summed E-state index contributed by atoms with van der Waals surface area (Å²) in [4.78, 5) is 12.0. The Morgan fingerprint density at radius 1 is 0.720 bits per heavy atom. The number of hydrogen-bond acceptors (Lipinski definition) is 5. The first-order valence-corrected chi connectivity index (χ1v) is 7.75. The first-order chi connectivity index (χ1) is 12.1. The SMILES string of the molecule is Nc1ccc(COc2ccc(OC(=O)c3ccc(N)cc3)cc2)cc1. The van der Waals surface area contributed by atoms with Crippen LogP contribution in [-0.4, -0.2) is 5.97 Å². The molecule has 0 fully saturated rings. The van der Waals surface area contributed by atoms with Gasteiger partial charge in [0.1, 0.15) is 18.1 Å². The Bertz CT molecular complexity index is 842. The van der Waals surface area contributed by atoms with Gasteiger partial charge in [0, 0.05) is 11.4 Å². The Kier molecular flexibility index (Phi) is 4.85. The molecule has 0 atom stereocenters. The summed E-state index contributed by atoms with van der Waals surface area (Å²) < 4.78 is 11.0. The number of rotatable bonds is 5. The Hall–Kier alpha value is -3.47. The lowest BCUT2D eigenvalue weighted by atomic mass is 10.2. The van der Waals surface area contributed by atoms with Crippen molar-refractivity contribution < 1.29 is 14.3 Å². The van der Waals surface area contributed by atoms with Gasteiger partial charge in [-0.1, -0.05) is 12.1 Å². The molecular formula is C20H18N2O3. The van der Waals surface area contributed by atoms with Gasteiger partial charge in [0.2, 0.25) is 0 Å². The van der Waals surface area contributed by atoms with E-state index in [-0.39, 0.29) is 0 Å². The highest BCUT2D eigenvalue weighted by molar-refractivity contribution is 5.91. The van der Waals surface area contributed by atoms with Crippen LogP contribution in [0, 0.1) is 0 Å². The molecule has 0 amide bonds. The summed E-state index contributed by atoms with van der Waals surface area (Å²) in [6, 6.07) is 20.9. The number of anilines is 2. The monoisotopic (exact) mass is 334 g/mol. The Morgan fingerprint density at radius 3 is 1.84 bits per heavy atom. The van der Waals surface area contributed by atoms with E-state index in [1.165, 1.54) is 0 Å². The molecule has 25 heavy (non-hydrogen) atoms. The third-order valence-corrected chi connectivity index (χ3v) is 3.57. The Labute approximate surface area is 145 Å². The van der Waals surface area contributed by atoms with Crippen molar-refractivity contribution >= 4 is 17.3 Å². The van der Waals surface area contributed by atoms with Crippen LogP contribution in [0.3, 0.4) is 0 Å². The second-order valence-electron chi connectivity index (χ2n) is 5.51. The van der Waals surface area contributed by atoms with Crippen LogP contribution >= 0.6 is 0 Å². The molecule has 5 heteroatoms. The summed E-state index contributed by atoms with van der Waals surface area (Å²) in [5.41, 5.74) is 14.0. The summed E-state index contributed by atoms with van der Waals surface area (Å²) in [7, 11) is 0. The smallest absolute Gasteiger partial charge is 0.343 e. The number of carbonyl (C=O) groups excluding carboxylic acids is 1. The molecule has 0 saturated carbocycles. The van der Waals surface area contributed by atoms with Crippen LogP contribution < -0.4 is 20.9 Å². The highest BCUT2D eigenvalue weighted by Gasteiger charge is 2.08. The molecule has 126 valence electrons. The minimum atomic E-state index is -0.435. The lowest BCUT2D eigenvalue weighted by Crippen LogP contribution is -2.08. The van der Waals surface area contributed by atoms with Gasteiger partial charge in [0.25, 0.3) is 0 Å². The minimum Gasteiger partial charge on any atom is -0.489 e.